The van der Waals surface area contributed by atoms with Crippen LogP contribution in [0.3, 0.4) is 0 Å². The predicted molar refractivity (Wildman–Crippen MR) is 70.6 cm³/mol. The normalized spacial score (nSPS) is 13.4. The fourth-order valence-electron chi connectivity index (χ4n) is 1.41. The van der Waals surface area contributed by atoms with Crippen molar-refractivity contribution >= 4 is 5.71 Å². The minimum Gasteiger partial charge on any atom is -0.402 e. The van der Waals surface area contributed by atoms with Gasteiger partial charge in [-0.1, -0.05) is 42.5 Å². The summed E-state index contributed by atoms with van der Waals surface area (Å²) in [5, 5.41) is 0. The van der Waals surface area contributed by atoms with Crippen LogP contribution in [0.1, 0.15) is 18.9 Å². The number of hydrogen-bond acceptors (Lipinski definition) is 2. The van der Waals surface area contributed by atoms with Gasteiger partial charge in [-0.15, -0.1) is 0 Å². The molecule has 0 radical (unpaired) electrons. The van der Waals surface area contributed by atoms with E-state index in [-0.39, 0.29) is 0 Å². The second-order valence-corrected chi connectivity index (χ2v) is 3.48. The molecule has 0 aliphatic rings. The number of benzene rings is 1. The van der Waals surface area contributed by atoms with E-state index in [1.807, 2.05) is 55.5 Å². The molecule has 0 aliphatic heterocycles. The van der Waals surface area contributed by atoms with Crippen LogP contribution in [0, 0.1) is 0 Å². The van der Waals surface area contributed by atoms with Crippen molar-refractivity contribution in [1.82, 2.24) is 0 Å². The molecule has 0 atom stereocenters. The quantitative estimate of drug-likeness (QED) is 0.607. The molecule has 84 valence electrons. The summed E-state index contributed by atoms with van der Waals surface area (Å²) in [7, 11) is 1.80. The first-order valence-electron chi connectivity index (χ1n) is 5.36. The topological polar surface area (TPSA) is 38.4 Å². The number of nitrogens with zero attached hydrogens (tertiary/aromatic N) is 1. The largest absolute Gasteiger partial charge is 0.402 e. The SMILES string of the molecule is C/C=C\C=C(\N)CC(=NC)c1ccccc1. The average molecular weight is 214 g/mol. The van der Waals surface area contributed by atoms with Crippen LogP contribution < -0.4 is 5.73 Å². The van der Waals surface area contributed by atoms with E-state index in [1.165, 1.54) is 0 Å². The van der Waals surface area contributed by atoms with Crippen LogP contribution in [-0.2, 0) is 0 Å². The summed E-state index contributed by atoms with van der Waals surface area (Å²) in [4.78, 5) is 4.28. The van der Waals surface area contributed by atoms with E-state index in [0.29, 0.717) is 6.42 Å². The van der Waals surface area contributed by atoms with Crippen LogP contribution in [-0.4, -0.2) is 12.8 Å². The fourth-order valence-corrected chi connectivity index (χ4v) is 1.41. The average Bonchev–Trinajstić information content (AvgIpc) is 2.34. The highest BCUT2D eigenvalue weighted by Crippen LogP contribution is 2.07. The zero-order chi connectivity index (χ0) is 11.8. The second kappa shape index (κ2) is 6.62. The van der Waals surface area contributed by atoms with Crippen molar-refractivity contribution in [3.8, 4) is 0 Å². The number of rotatable bonds is 4. The third-order valence-electron chi connectivity index (χ3n) is 2.25. The minimum absolute atomic E-state index is 0.685. The lowest BCUT2D eigenvalue weighted by molar-refractivity contribution is 1.19. The van der Waals surface area contributed by atoms with Crippen molar-refractivity contribution in [3.63, 3.8) is 0 Å². The van der Waals surface area contributed by atoms with E-state index in [0.717, 1.165) is 17.0 Å². The van der Waals surface area contributed by atoms with Gasteiger partial charge in [0, 0.05) is 24.9 Å². The molecule has 0 aliphatic carbocycles. The summed E-state index contributed by atoms with van der Waals surface area (Å²) in [5.74, 6) is 0. The Labute approximate surface area is 97.2 Å². The molecular formula is C14H18N2. The van der Waals surface area contributed by atoms with E-state index < -0.39 is 0 Å². The Hall–Kier alpha value is -1.83. The zero-order valence-electron chi connectivity index (χ0n) is 9.85. The van der Waals surface area contributed by atoms with Crippen molar-refractivity contribution in [2.24, 2.45) is 10.7 Å². The molecule has 2 nitrogen and oxygen atoms in total. The number of hydrogen-bond donors (Lipinski definition) is 1. The molecule has 0 unspecified atom stereocenters. The van der Waals surface area contributed by atoms with Crippen molar-refractivity contribution in [2.45, 2.75) is 13.3 Å². The van der Waals surface area contributed by atoms with Gasteiger partial charge in [0.25, 0.3) is 0 Å². The number of nitrogens with two attached hydrogens (primary N) is 1. The summed E-state index contributed by atoms with van der Waals surface area (Å²) in [6.07, 6.45) is 6.49. The lowest BCUT2D eigenvalue weighted by atomic mass is 10.1. The highest BCUT2D eigenvalue weighted by Gasteiger charge is 2.02. The van der Waals surface area contributed by atoms with Gasteiger partial charge in [0.15, 0.2) is 0 Å². The van der Waals surface area contributed by atoms with Crippen molar-refractivity contribution in [1.29, 1.82) is 0 Å². The molecular weight excluding hydrogens is 196 g/mol. The number of allylic oxidation sites excluding steroid dienone is 4. The van der Waals surface area contributed by atoms with E-state index in [2.05, 4.69) is 4.99 Å². The maximum atomic E-state index is 5.90. The van der Waals surface area contributed by atoms with Crippen molar-refractivity contribution < 1.29 is 0 Å². The zero-order valence-corrected chi connectivity index (χ0v) is 9.85. The molecule has 0 saturated heterocycles. The lowest BCUT2D eigenvalue weighted by Crippen LogP contribution is -2.07. The van der Waals surface area contributed by atoms with Crippen molar-refractivity contribution in [3.05, 3.63) is 59.8 Å². The molecule has 0 bridgehead atoms. The minimum atomic E-state index is 0.685. The van der Waals surface area contributed by atoms with Gasteiger partial charge < -0.3 is 5.73 Å². The van der Waals surface area contributed by atoms with E-state index in [1.54, 1.807) is 7.05 Å². The van der Waals surface area contributed by atoms with Gasteiger partial charge in [-0.3, -0.25) is 4.99 Å². The van der Waals surface area contributed by atoms with Crippen LogP contribution in [0.15, 0.2) is 59.2 Å². The monoisotopic (exact) mass is 214 g/mol. The highest BCUT2D eigenvalue weighted by atomic mass is 14.7. The Kier molecular flexibility index (Phi) is 5.06. The van der Waals surface area contributed by atoms with Crippen LogP contribution in [0.5, 0.6) is 0 Å². The maximum absolute atomic E-state index is 5.90. The molecule has 1 aromatic rings. The molecule has 16 heavy (non-hydrogen) atoms. The first-order valence-corrected chi connectivity index (χ1v) is 5.36. The van der Waals surface area contributed by atoms with Crippen LogP contribution in [0.25, 0.3) is 0 Å². The summed E-state index contributed by atoms with van der Waals surface area (Å²) in [6, 6.07) is 10.1. The lowest BCUT2D eigenvalue weighted by Gasteiger charge is -2.05. The Morgan fingerprint density at radius 2 is 2.00 bits per heavy atom. The van der Waals surface area contributed by atoms with Gasteiger partial charge in [-0.2, -0.15) is 0 Å². The summed E-state index contributed by atoms with van der Waals surface area (Å²) in [5.41, 5.74) is 8.86. The molecule has 2 N–H and O–H groups in total. The molecule has 0 spiro atoms. The van der Waals surface area contributed by atoms with Crippen molar-refractivity contribution in [2.75, 3.05) is 7.05 Å². The smallest absolute Gasteiger partial charge is 0.0475 e. The van der Waals surface area contributed by atoms with Gasteiger partial charge >= 0.3 is 0 Å². The van der Waals surface area contributed by atoms with Gasteiger partial charge in [0.05, 0.1) is 0 Å². The second-order valence-electron chi connectivity index (χ2n) is 3.48. The molecule has 0 heterocycles. The maximum Gasteiger partial charge on any atom is 0.0475 e. The summed E-state index contributed by atoms with van der Waals surface area (Å²) < 4.78 is 0. The Morgan fingerprint density at radius 1 is 1.31 bits per heavy atom. The van der Waals surface area contributed by atoms with Crippen LogP contribution in [0.2, 0.25) is 0 Å². The first kappa shape index (κ1) is 12.2. The molecule has 0 aromatic heterocycles. The standard InChI is InChI=1S/C14H18N2/c1-3-4-10-13(15)11-14(16-2)12-8-6-5-7-9-12/h3-10H,11,15H2,1-2H3/b4-3-,13-10+,16-14?. The molecule has 0 amide bonds. The third kappa shape index (κ3) is 3.73. The fraction of sp³-hybridized carbons (Fsp3) is 0.214. The van der Waals surface area contributed by atoms with Gasteiger partial charge in [0.2, 0.25) is 0 Å². The van der Waals surface area contributed by atoms with E-state index >= 15 is 0 Å². The Bertz CT molecular complexity index is 400. The van der Waals surface area contributed by atoms with Crippen LogP contribution in [0.4, 0.5) is 0 Å². The Morgan fingerprint density at radius 3 is 2.56 bits per heavy atom. The number of aliphatic imine (C=N–C) groups is 1. The molecule has 0 saturated carbocycles. The summed E-state index contributed by atoms with van der Waals surface area (Å²) in [6.45, 7) is 1.97. The summed E-state index contributed by atoms with van der Waals surface area (Å²) >= 11 is 0. The van der Waals surface area contributed by atoms with Gasteiger partial charge in [0.1, 0.15) is 0 Å². The predicted octanol–water partition coefficient (Wildman–Crippen LogP) is 2.91. The first-order chi connectivity index (χ1) is 7.77. The molecule has 1 rings (SSSR count). The van der Waals surface area contributed by atoms with E-state index in [9.17, 15) is 0 Å². The van der Waals surface area contributed by atoms with E-state index in [4.69, 9.17) is 5.73 Å². The van der Waals surface area contributed by atoms with Gasteiger partial charge in [-0.05, 0) is 18.6 Å². The van der Waals surface area contributed by atoms with Gasteiger partial charge in [-0.25, -0.2) is 0 Å². The third-order valence-corrected chi connectivity index (χ3v) is 2.25. The highest BCUT2D eigenvalue weighted by molar-refractivity contribution is 6.01. The Balaban J connectivity index is 2.79. The molecule has 2 heteroatoms. The van der Waals surface area contributed by atoms with Crippen LogP contribution >= 0.6 is 0 Å². The molecule has 1 aromatic carbocycles. The molecule has 0 fully saturated rings.